The largest absolute Gasteiger partial charge is 0.481 e. The first kappa shape index (κ1) is 20.3. The van der Waals surface area contributed by atoms with E-state index in [9.17, 15) is 14.4 Å². The van der Waals surface area contributed by atoms with Crippen molar-refractivity contribution in [2.45, 2.75) is 25.2 Å². The molecule has 0 bridgehead atoms. The number of para-hydroxylation sites is 1. The van der Waals surface area contributed by atoms with Crippen LogP contribution in [0.15, 0.2) is 54.9 Å². The first-order valence-electron chi connectivity index (χ1n) is 9.51. The molecule has 0 spiro atoms. The summed E-state index contributed by atoms with van der Waals surface area (Å²) in [5.41, 5.74) is 2.52. The van der Waals surface area contributed by atoms with Gasteiger partial charge < -0.3 is 15.3 Å². The van der Waals surface area contributed by atoms with Crippen LogP contribution in [0.3, 0.4) is 0 Å². The van der Waals surface area contributed by atoms with Crippen LogP contribution in [0.2, 0.25) is 0 Å². The zero-order valence-electron chi connectivity index (χ0n) is 16.0. The van der Waals surface area contributed by atoms with Gasteiger partial charge in [-0.1, -0.05) is 24.3 Å². The highest BCUT2D eigenvalue weighted by atomic mass is 16.4. The van der Waals surface area contributed by atoms with E-state index in [-0.39, 0.29) is 30.6 Å². The molecule has 7 heteroatoms. The Balaban J connectivity index is 1.47. The molecule has 1 unspecified atom stereocenters. The number of carbonyl (C=O) groups excluding carboxylic acids is 2. The van der Waals surface area contributed by atoms with Crippen molar-refractivity contribution in [3.8, 4) is 0 Å². The summed E-state index contributed by atoms with van der Waals surface area (Å²) in [6, 6.07) is 11.1. The highest BCUT2D eigenvalue weighted by Gasteiger charge is 2.32. The smallest absolute Gasteiger partial charge is 0.304 e. The zero-order valence-corrected chi connectivity index (χ0v) is 16.0. The van der Waals surface area contributed by atoms with E-state index in [0.717, 1.165) is 16.8 Å². The molecule has 29 heavy (non-hydrogen) atoms. The van der Waals surface area contributed by atoms with Crippen LogP contribution < -0.4 is 10.2 Å². The van der Waals surface area contributed by atoms with Crippen LogP contribution in [0.4, 0.5) is 5.69 Å². The van der Waals surface area contributed by atoms with E-state index >= 15 is 0 Å². The molecule has 1 aromatic carbocycles. The Bertz CT molecular complexity index is 911. The van der Waals surface area contributed by atoms with E-state index in [2.05, 4.69) is 10.3 Å². The van der Waals surface area contributed by atoms with Crippen molar-refractivity contribution in [2.24, 2.45) is 0 Å². The number of carboxylic acid groups (broad SMARTS) is 1. The maximum absolute atomic E-state index is 12.6. The Morgan fingerprint density at radius 3 is 2.79 bits per heavy atom. The summed E-state index contributed by atoms with van der Waals surface area (Å²) in [4.78, 5) is 41.2. The van der Waals surface area contributed by atoms with E-state index in [1.54, 1.807) is 29.4 Å². The predicted octanol–water partition coefficient (Wildman–Crippen LogP) is 2.60. The number of hydrogen-bond donors (Lipinski definition) is 2. The Morgan fingerprint density at radius 1 is 1.21 bits per heavy atom. The average molecular weight is 393 g/mol. The third-order valence-corrected chi connectivity index (χ3v) is 4.77. The minimum Gasteiger partial charge on any atom is -0.481 e. The van der Waals surface area contributed by atoms with Gasteiger partial charge in [-0.05, 0) is 35.8 Å². The second kappa shape index (κ2) is 9.64. The van der Waals surface area contributed by atoms with Crippen LogP contribution in [0.5, 0.6) is 0 Å². The molecule has 0 saturated heterocycles. The van der Waals surface area contributed by atoms with Gasteiger partial charge in [0.25, 0.3) is 0 Å². The van der Waals surface area contributed by atoms with Gasteiger partial charge in [-0.25, -0.2) is 0 Å². The summed E-state index contributed by atoms with van der Waals surface area (Å²) in [5, 5.41) is 11.9. The monoisotopic (exact) mass is 393 g/mol. The molecule has 0 fully saturated rings. The number of amides is 2. The van der Waals surface area contributed by atoms with Crippen LogP contribution >= 0.6 is 0 Å². The Labute approximate surface area is 169 Å². The first-order chi connectivity index (χ1) is 14.0. The van der Waals surface area contributed by atoms with Gasteiger partial charge >= 0.3 is 5.97 Å². The highest BCUT2D eigenvalue weighted by Crippen LogP contribution is 2.38. The maximum atomic E-state index is 12.6. The summed E-state index contributed by atoms with van der Waals surface area (Å²) < 4.78 is 0. The lowest BCUT2D eigenvalue weighted by atomic mass is 9.98. The van der Waals surface area contributed by atoms with E-state index in [4.69, 9.17) is 5.11 Å². The molecule has 3 rings (SSSR count). The van der Waals surface area contributed by atoms with Crippen molar-refractivity contribution in [3.05, 3.63) is 66.0 Å². The molecule has 2 amide bonds. The number of aromatic nitrogens is 1. The second-order valence-corrected chi connectivity index (χ2v) is 6.87. The Kier molecular flexibility index (Phi) is 6.73. The van der Waals surface area contributed by atoms with Crippen molar-refractivity contribution in [1.82, 2.24) is 10.3 Å². The van der Waals surface area contributed by atoms with Gasteiger partial charge in [0.1, 0.15) is 0 Å². The number of pyridine rings is 1. The molecular weight excluding hydrogens is 370 g/mol. The van der Waals surface area contributed by atoms with Crippen LogP contribution in [-0.4, -0.2) is 41.0 Å². The minimum absolute atomic E-state index is 0.000119. The van der Waals surface area contributed by atoms with Gasteiger partial charge in [0, 0.05) is 49.6 Å². The van der Waals surface area contributed by atoms with Crippen molar-refractivity contribution in [2.75, 3.05) is 18.0 Å². The molecule has 0 aliphatic carbocycles. The van der Waals surface area contributed by atoms with Crippen LogP contribution in [0, 0.1) is 0 Å². The van der Waals surface area contributed by atoms with Crippen molar-refractivity contribution in [1.29, 1.82) is 0 Å². The SMILES string of the molecule is O=C(O)CC1CN(C(=O)CCCNC(=O)/C=C/c2cccnc2)c2ccccc21. The summed E-state index contributed by atoms with van der Waals surface area (Å²) >= 11 is 0. The third-order valence-electron chi connectivity index (χ3n) is 4.77. The van der Waals surface area contributed by atoms with Crippen molar-refractivity contribution in [3.63, 3.8) is 0 Å². The second-order valence-electron chi connectivity index (χ2n) is 6.87. The average Bonchev–Trinajstić information content (AvgIpc) is 3.08. The number of rotatable bonds is 8. The summed E-state index contributed by atoms with van der Waals surface area (Å²) in [6.07, 6.45) is 7.22. The third kappa shape index (κ3) is 5.51. The molecule has 1 aliphatic heterocycles. The number of carbonyl (C=O) groups is 3. The number of carboxylic acids is 1. The van der Waals surface area contributed by atoms with E-state index in [0.29, 0.717) is 19.5 Å². The summed E-state index contributed by atoms with van der Waals surface area (Å²) in [7, 11) is 0. The van der Waals surface area contributed by atoms with Gasteiger partial charge in [0.2, 0.25) is 11.8 Å². The number of anilines is 1. The molecule has 2 N–H and O–H groups in total. The zero-order chi connectivity index (χ0) is 20.6. The van der Waals surface area contributed by atoms with Gasteiger partial charge in [-0.3, -0.25) is 19.4 Å². The maximum Gasteiger partial charge on any atom is 0.304 e. The quantitative estimate of drug-likeness (QED) is 0.530. The minimum atomic E-state index is -0.874. The lowest BCUT2D eigenvalue weighted by Gasteiger charge is -2.17. The number of nitrogens with one attached hydrogen (secondary N) is 1. The predicted molar refractivity (Wildman–Crippen MR) is 109 cm³/mol. The highest BCUT2D eigenvalue weighted by molar-refractivity contribution is 5.96. The molecule has 0 radical (unpaired) electrons. The molecule has 150 valence electrons. The molecule has 1 atom stereocenters. The molecule has 0 saturated carbocycles. The van der Waals surface area contributed by atoms with E-state index < -0.39 is 5.97 Å². The molecular formula is C22H23N3O4. The normalized spacial score (nSPS) is 15.3. The van der Waals surface area contributed by atoms with Crippen molar-refractivity contribution >= 4 is 29.5 Å². The summed E-state index contributed by atoms with van der Waals surface area (Å²) in [5.74, 6) is -1.36. The van der Waals surface area contributed by atoms with Gasteiger partial charge in [-0.2, -0.15) is 0 Å². The topological polar surface area (TPSA) is 99.6 Å². The number of aliphatic carboxylic acids is 1. The molecule has 2 heterocycles. The number of benzene rings is 1. The lowest BCUT2D eigenvalue weighted by molar-refractivity contribution is -0.137. The fraction of sp³-hybridized carbons (Fsp3) is 0.273. The lowest BCUT2D eigenvalue weighted by Crippen LogP contribution is -2.31. The molecule has 2 aromatic rings. The Morgan fingerprint density at radius 2 is 2.03 bits per heavy atom. The fourth-order valence-corrected chi connectivity index (χ4v) is 3.41. The van der Waals surface area contributed by atoms with Gasteiger partial charge in [0.15, 0.2) is 0 Å². The van der Waals surface area contributed by atoms with E-state index in [1.807, 2.05) is 30.3 Å². The summed E-state index contributed by atoms with van der Waals surface area (Å²) in [6.45, 7) is 0.765. The first-order valence-corrected chi connectivity index (χ1v) is 9.51. The van der Waals surface area contributed by atoms with E-state index in [1.165, 1.54) is 6.08 Å². The fourth-order valence-electron chi connectivity index (χ4n) is 3.41. The van der Waals surface area contributed by atoms with Crippen LogP contribution in [0.25, 0.3) is 6.08 Å². The van der Waals surface area contributed by atoms with Gasteiger partial charge in [0.05, 0.1) is 6.42 Å². The molecule has 1 aliphatic rings. The van der Waals surface area contributed by atoms with Crippen LogP contribution in [-0.2, 0) is 14.4 Å². The van der Waals surface area contributed by atoms with Crippen LogP contribution in [0.1, 0.15) is 36.3 Å². The Hall–Kier alpha value is -3.48. The number of hydrogen-bond acceptors (Lipinski definition) is 4. The standard InChI is InChI=1S/C22H23N3O4/c26-20(10-9-16-5-3-11-23-14-16)24-12-4-8-21(27)25-15-17(13-22(28)29)18-6-1-2-7-19(18)25/h1-3,5-7,9-11,14,17H,4,8,12-13,15H2,(H,24,26)(H,28,29)/b10-9+. The molecule has 1 aromatic heterocycles. The number of nitrogens with zero attached hydrogens (tertiary/aromatic N) is 2. The van der Waals surface area contributed by atoms with Gasteiger partial charge in [-0.15, -0.1) is 0 Å². The molecule has 7 nitrogen and oxygen atoms in total. The van der Waals surface area contributed by atoms with Crippen molar-refractivity contribution < 1.29 is 19.5 Å². The number of fused-ring (bicyclic) bond motifs is 1.